The van der Waals surface area contributed by atoms with Gasteiger partial charge < -0.3 is 24.4 Å². The van der Waals surface area contributed by atoms with Crippen molar-refractivity contribution in [2.45, 2.75) is 19.3 Å². The second kappa shape index (κ2) is 8.62. The predicted molar refractivity (Wildman–Crippen MR) is 104 cm³/mol. The van der Waals surface area contributed by atoms with Crippen molar-refractivity contribution in [1.29, 1.82) is 0 Å². The van der Waals surface area contributed by atoms with Gasteiger partial charge in [0.05, 0.1) is 33.2 Å². The second-order valence-electron chi connectivity index (χ2n) is 6.32. The molecule has 1 aromatic heterocycles. The largest absolute Gasteiger partial charge is 0.493 e. The zero-order valence-electron chi connectivity index (χ0n) is 15.9. The molecule has 3 rings (SSSR count). The summed E-state index contributed by atoms with van der Waals surface area (Å²) in [5.74, 6) is 1.49. The molecule has 1 aromatic carbocycles. The van der Waals surface area contributed by atoms with Crippen molar-refractivity contribution in [3.63, 3.8) is 0 Å². The van der Waals surface area contributed by atoms with Gasteiger partial charge in [-0.15, -0.1) is 0 Å². The lowest BCUT2D eigenvalue weighted by Crippen LogP contribution is -2.29. The minimum Gasteiger partial charge on any atom is -0.493 e. The topological polar surface area (TPSA) is 72.9 Å². The van der Waals surface area contributed by atoms with E-state index >= 15 is 0 Å². The molecule has 2 aromatic rings. The number of nitrogens with zero attached hydrogens (tertiary/aromatic N) is 2. The van der Waals surface area contributed by atoms with E-state index < -0.39 is 0 Å². The van der Waals surface area contributed by atoms with E-state index in [9.17, 15) is 4.79 Å². The molecule has 0 atom stereocenters. The SMILES string of the molecule is COc1cc(C(=O)Nc2ccc(N3CCCCC3)cn2)cc(OC)c1OC. The predicted octanol–water partition coefficient (Wildman–Crippen LogP) is 3.35. The third kappa shape index (κ3) is 4.24. The third-order valence-corrected chi connectivity index (χ3v) is 4.64. The molecule has 27 heavy (non-hydrogen) atoms. The van der Waals surface area contributed by atoms with Gasteiger partial charge in [-0.3, -0.25) is 4.79 Å². The molecule has 1 saturated heterocycles. The number of methoxy groups -OCH3 is 3. The smallest absolute Gasteiger partial charge is 0.257 e. The summed E-state index contributed by atoms with van der Waals surface area (Å²) >= 11 is 0. The zero-order chi connectivity index (χ0) is 19.2. The summed E-state index contributed by atoms with van der Waals surface area (Å²) in [4.78, 5) is 19.3. The fourth-order valence-corrected chi connectivity index (χ4v) is 3.20. The molecule has 7 heteroatoms. The van der Waals surface area contributed by atoms with Crippen molar-refractivity contribution in [3.8, 4) is 17.2 Å². The van der Waals surface area contributed by atoms with Gasteiger partial charge in [-0.1, -0.05) is 0 Å². The average molecular weight is 371 g/mol. The first-order valence-corrected chi connectivity index (χ1v) is 8.98. The van der Waals surface area contributed by atoms with E-state index in [1.807, 2.05) is 12.1 Å². The number of nitrogens with one attached hydrogen (secondary N) is 1. The highest BCUT2D eigenvalue weighted by Gasteiger charge is 2.17. The Balaban J connectivity index is 1.75. The Hall–Kier alpha value is -2.96. The van der Waals surface area contributed by atoms with Gasteiger partial charge in [0.2, 0.25) is 5.75 Å². The molecule has 1 amide bonds. The molecule has 7 nitrogen and oxygen atoms in total. The van der Waals surface area contributed by atoms with Crippen molar-refractivity contribution in [3.05, 3.63) is 36.0 Å². The Morgan fingerprint density at radius 3 is 2.19 bits per heavy atom. The second-order valence-corrected chi connectivity index (χ2v) is 6.32. The molecular weight excluding hydrogens is 346 g/mol. The van der Waals surface area contributed by atoms with Crippen molar-refractivity contribution in [2.75, 3.05) is 44.6 Å². The van der Waals surface area contributed by atoms with Gasteiger partial charge in [0.25, 0.3) is 5.91 Å². The van der Waals surface area contributed by atoms with Crippen LogP contribution in [0.1, 0.15) is 29.6 Å². The lowest BCUT2D eigenvalue weighted by Gasteiger charge is -2.28. The number of carbonyl (C=O) groups excluding carboxylic acids is 1. The first kappa shape index (κ1) is 18.8. The fraction of sp³-hybridized carbons (Fsp3) is 0.400. The number of amides is 1. The van der Waals surface area contributed by atoms with Crippen LogP contribution in [-0.4, -0.2) is 45.3 Å². The van der Waals surface area contributed by atoms with Crippen LogP contribution in [0.5, 0.6) is 17.2 Å². The molecule has 0 aliphatic carbocycles. The maximum atomic E-state index is 12.6. The van der Waals surface area contributed by atoms with Crippen LogP contribution in [0.15, 0.2) is 30.5 Å². The van der Waals surface area contributed by atoms with Crippen LogP contribution in [0, 0.1) is 0 Å². The standard InChI is InChI=1S/C20H25N3O4/c1-25-16-11-14(12-17(26-2)19(16)27-3)20(24)22-18-8-7-15(13-21-18)23-9-5-4-6-10-23/h7-8,11-13H,4-6,9-10H2,1-3H3,(H,21,22,24). The molecule has 1 N–H and O–H groups in total. The van der Waals surface area contributed by atoms with E-state index in [4.69, 9.17) is 14.2 Å². The minimum absolute atomic E-state index is 0.299. The van der Waals surface area contributed by atoms with Crippen LogP contribution >= 0.6 is 0 Å². The number of aromatic nitrogens is 1. The summed E-state index contributed by atoms with van der Waals surface area (Å²) in [6, 6.07) is 7.03. The maximum Gasteiger partial charge on any atom is 0.257 e. The Labute approximate surface area is 159 Å². The fourth-order valence-electron chi connectivity index (χ4n) is 3.20. The quantitative estimate of drug-likeness (QED) is 0.840. The highest BCUT2D eigenvalue weighted by Crippen LogP contribution is 2.38. The van der Waals surface area contributed by atoms with Crippen LogP contribution < -0.4 is 24.4 Å². The lowest BCUT2D eigenvalue weighted by atomic mass is 10.1. The number of rotatable bonds is 6. The number of pyridine rings is 1. The van der Waals surface area contributed by atoms with Crippen molar-refractivity contribution in [2.24, 2.45) is 0 Å². The molecule has 1 fully saturated rings. The number of anilines is 2. The van der Waals surface area contributed by atoms with Gasteiger partial charge in [0.15, 0.2) is 11.5 Å². The van der Waals surface area contributed by atoms with Crippen molar-refractivity contribution < 1.29 is 19.0 Å². The normalized spacial score (nSPS) is 13.8. The van der Waals surface area contributed by atoms with E-state index in [0.717, 1.165) is 18.8 Å². The van der Waals surface area contributed by atoms with E-state index in [1.54, 1.807) is 18.3 Å². The van der Waals surface area contributed by atoms with Crippen LogP contribution in [0.25, 0.3) is 0 Å². The summed E-state index contributed by atoms with van der Waals surface area (Å²) < 4.78 is 15.9. The first-order chi connectivity index (χ1) is 13.2. The number of ether oxygens (including phenoxy) is 3. The molecule has 1 aliphatic rings. The van der Waals surface area contributed by atoms with Crippen LogP contribution in [0.4, 0.5) is 11.5 Å². The van der Waals surface area contributed by atoms with Gasteiger partial charge in [0, 0.05) is 18.7 Å². The Morgan fingerprint density at radius 2 is 1.67 bits per heavy atom. The van der Waals surface area contributed by atoms with E-state index in [1.165, 1.54) is 40.6 Å². The van der Waals surface area contributed by atoms with Gasteiger partial charge in [-0.05, 0) is 43.5 Å². The zero-order valence-corrected chi connectivity index (χ0v) is 15.9. The van der Waals surface area contributed by atoms with Crippen LogP contribution in [-0.2, 0) is 0 Å². The summed E-state index contributed by atoms with van der Waals surface area (Å²) in [5, 5.41) is 2.81. The Morgan fingerprint density at radius 1 is 1.00 bits per heavy atom. The first-order valence-electron chi connectivity index (χ1n) is 8.98. The number of carbonyl (C=O) groups is 1. The third-order valence-electron chi connectivity index (χ3n) is 4.64. The molecule has 1 aliphatic heterocycles. The molecule has 144 valence electrons. The lowest BCUT2D eigenvalue weighted by molar-refractivity contribution is 0.102. The Kier molecular flexibility index (Phi) is 6.01. The van der Waals surface area contributed by atoms with Gasteiger partial charge in [-0.2, -0.15) is 0 Å². The number of piperidine rings is 1. The number of hydrogen-bond donors (Lipinski definition) is 1. The van der Waals surface area contributed by atoms with Gasteiger partial charge in [0.1, 0.15) is 5.82 Å². The summed E-state index contributed by atoms with van der Waals surface area (Å²) in [7, 11) is 4.55. The minimum atomic E-state index is -0.299. The van der Waals surface area contributed by atoms with Gasteiger partial charge >= 0.3 is 0 Å². The molecule has 0 radical (unpaired) electrons. The molecule has 0 spiro atoms. The monoisotopic (exact) mass is 371 g/mol. The van der Waals surface area contributed by atoms with Crippen molar-refractivity contribution in [1.82, 2.24) is 4.98 Å². The highest BCUT2D eigenvalue weighted by molar-refractivity contribution is 6.04. The summed E-state index contributed by atoms with van der Waals surface area (Å²) in [6.45, 7) is 2.11. The van der Waals surface area contributed by atoms with E-state index in [2.05, 4.69) is 15.2 Å². The highest BCUT2D eigenvalue weighted by atomic mass is 16.5. The molecule has 2 heterocycles. The molecule has 0 saturated carbocycles. The maximum absolute atomic E-state index is 12.6. The van der Waals surface area contributed by atoms with E-state index in [0.29, 0.717) is 28.6 Å². The van der Waals surface area contributed by atoms with Crippen molar-refractivity contribution >= 4 is 17.4 Å². The van der Waals surface area contributed by atoms with E-state index in [-0.39, 0.29) is 5.91 Å². The average Bonchev–Trinajstić information content (AvgIpc) is 2.73. The summed E-state index contributed by atoms with van der Waals surface area (Å²) in [6.07, 6.45) is 5.50. The number of benzene rings is 1. The van der Waals surface area contributed by atoms with Crippen LogP contribution in [0.3, 0.4) is 0 Å². The molecule has 0 unspecified atom stereocenters. The molecular formula is C20H25N3O4. The number of hydrogen-bond acceptors (Lipinski definition) is 6. The molecule has 0 bridgehead atoms. The summed E-state index contributed by atoms with van der Waals surface area (Å²) in [5.41, 5.74) is 1.48. The van der Waals surface area contributed by atoms with Gasteiger partial charge in [-0.25, -0.2) is 4.98 Å². The van der Waals surface area contributed by atoms with Crippen LogP contribution in [0.2, 0.25) is 0 Å². The Bertz CT molecular complexity index is 761.